The molecule has 0 amide bonds. The van der Waals surface area contributed by atoms with E-state index in [-0.39, 0.29) is 0 Å². The van der Waals surface area contributed by atoms with Crippen molar-refractivity contribution in [3.05, 3.63) is 0 Å². The van der Waals surface area contributed by atoms with Gasteiger partial charge in [-0.2, -0.15) is 0 Å². The Kier molecular flexibility index (Phi) is 2.86. The fraction of sp³-hybridized carbons (Fsp3) is 1.00. The van der Waals surface area contributed by atoms with Crippen molar-refractivity contribution in [3.63, 3.8) is 0 Å². The summed E-state index contributed by atoms with van der Waals surface area (Å²) in [4.78, 5) is 0. The van der Waals surface area contributed by atoms with Gasteiger partial charge in [0.15, 0.2) is 9.84 Å². The molecule has 1 spiro atoms. The zero-order chi connectivity index (χ0) is 12.0. The Balaban J connectivity index is 2.05. The Hall–Kier alpha value is -0.0900. The molecule has 2 fully saturated rings. The third-order valence-electron chi connectivity index (χ3n) is 4.43. The van der Waals surface area contributed by atoms with Crippen molar-refractivity contribution < 1.29 is 8.42 Å². The Morgan fingerprint density at radius 3 is 2.12 bits per heavy atom. The fourth-order valence-corrected chi connectivity index (χ4v) is 4.74. The van der Waals surface area contributed by atoms with Crippen LogP contribution in [0.5, 0.6) is 0 Å². The summed E-state index contributed by atoms with van der Waals surface area (Å²) >= 11 is 0. The van der Waals surface area contributed by atoms with Crippen molar-refractivity contribution >= 4 is 9.84 Å². The SMILES string of the molecule is CC(C)NCC1(S(C)(=O)=O)CC2(CCC2)C1. The lowest BCUT2D eigenvalue weighted by Gasteiger charge is -2.60. The summed E-state index contributed by atoms with van der Waals surface area (Å²) in [6, 6.07) is 0.358. The highest BCUT2D eigenvalue weighted by atomic mass is 32.2. The Morgan fingerprint density at radius 2 is 1.81 bits per heavy atom. The average Bonchev–Trinajstić information content (AvgIpc) is 1.95. The summed E-state index contributed by atoms with van der Waals surface area (Å²) in [7, 11) is -2.93. The van der Waals surface area contributed by atoms with Crippen LogP contribution in [0.3, 0.4) is 0 Å². The van der Waals surface area contributed by atoms with Gasteiger partial charge >= 0.3 is 0 Å². The standard InChI is InChI=1S/C12H23NO2S/c1-10(2)13-9-12(16(3,14)15)7-11(8-12)5-4-6-11/h10,13H,4-9H2,1-3H3. The van der Waals surface area contributed by atoms with Crippen LogP contribution in [-0.2, 0) is 9.84 Å². The van der Waals surface area contributed by atoms with Gasteiger partial charge in [-0.3, -0.25) is 0 Å². The fourth-order valence-electron chi connectivity index (χ4n) is 3.25. The van der Waals surface area contributed by atoms with Crippen molar-refractivity contribution in [1.29, 1.82) is 0 Å². The van der Waals surface area contributed by atoms with Gasteiger partial charge in [0.25, 0.3) is 0 Å². The van der Waals surface area contributed by atoms with Gasteiger partial charge in [0.1, 0.15) is 0 Å². The third-order valence-corrected chi connectivity index (χ3v) is 6.43. The normalized spacial score (nSPS) is 26.5. The lowest BCUT2D eigenvalue weighted by molar-refractivity contribution is -0.00889. The largest absolute Gasteiger partial charge is 0.313 e. The smallest absolute Gasteiger partial charge is 0.154 e. The van der Waals surface area contributed by atoms with Crippen LogP contribution < -0.4 is 5.32 Å². The van der Waals surface area contributed by atoms with E-state index in [2.05, 4.69) is 19.2 Å². The molecule has 0 unspecified atom stereocenters. The second-order valence-electron chi connectivity index (χ2n) is 6.20. The van der Waals surface area contributed by atoms with E-state index in [1.807, 2.05) is 0 Å². The van der Waals surface area contributed by atoms with Crippen LogP contribution in [0.15, 0.2) is 0 Å². The number of hydrogen-bond acceptors (Lipinski definition) is 3. The Labute approximate surface area is 98.9 Å². The first-order valence-electron chi connectivity index (χ1n) is 6.22. The summed E-state index contributed by atoms with van der Waals surface area (Å²) in [5.41, 5.74) is 0.405. The maximum atomic E-state index is 11.9. The van der Waals surface area contributed by atoms with E-state index in [4.69, 9.17) is 0 Å². The lowest BCUT2D eigenvalue weighted by Crippen LogP contribution is -2.63. The maximum absolute atomic E-state index is 11.9. The van der Waals surface area contributed by atoms with Gasteiger partial charge < -0.3 is 5.32 Å². The second kappa shape index (κ2) is 3.70. The molecule has 94 valence electrons. The van der Waals surface area contributed by atoms with Gasteiger partial charge in [0.05, 0.1) is 4.75 Å². The highest BCUT2D eigenvalue weighted by Gasteiger charge is 2.61. The average molecular weight is 245 g/mol. The Morgan fingerprint density at radius 1 is 1.25 bits per heavy atom. The molecule has 2 saturated carbocycles. The van der Waals surface area contributed by atoms with Crippen molar-refractivity contribution in [2.45, 2.75) is 56.7 Å². The molecule has 2 rings (SSSR count). The molecule has 0 aromatic carbocycles. The van der Waals surface area contributed by atoms with Crippen LogP contribution in [0, 0.1) is 5.41 Å². The number of nitrogens with one attached hydrogen (secondary N) is 1. The van der Waals surface area contributed by atoms with Gasteiger partial charge in [-0.15, -0.1) is 0 Å². The van der Waals surface area contributed by atoms with Crippen LogP contribution in [0.4, 0.5) is 0 Å². The second-order valence-corrected chi connectivity index (χ2v) is 8.61. The van der Waals surface area contributed by atoms with E-state index in [9.17, 15) is 8.42 Å². The van der Waals surface area contributed by atoms with Crippen molar-refractivity contribution in [2.24, 2.45) is 5.41 Å². The molecule has 16 heavy (non-hydrogen) atoms. The molecule has 4 heteroatoms. The van der Waals surface area contributed by atoms with Gasteiger partial charge in [0, 0.05) is 18.8 Å². The molecule has 0 aliphatic heterocycles. The topological polar surface area (TPSA) is 46.2 Å². The van der Waals surface area contributed by atoms with E-state index < -0.39 is 14.6 Å². The van der Waals surface area contributed by atoms with Gasteiger partial charge in [-0.1, -0.05) is 20.3 Å². The summed E-state index contributed by atoms with van der Waals surface area (Å²) in [6.45, 7) is 4.76. The molecular weight excluding hydrogens is 222 g/mol. The summed E-state index contributed by atoms with van der Waals surface area (Å²) in [6.07, 6.45) is 6.95. The minimum absolute atomic E-state index is 0.358. The molecule has 0 heterocycles. The lowest BCUT2D eigenvalue weighted by atomic mass is 9.51. The van der Waals surface area contributed by atoms with E-state index in [1.165, 1.54) is 25.5 Å². The van der Waals surface area contributed by atoms with Crippen LogP contribution in [0.1, 0.15) is 46.0 Å². The molecule has 0 bridgehead atoms. The highest BCUT2D eigenvalue weighted by molar-refractivity contribution is 7.92. The van der Waals surface area contributed by atoms with Crippen LogP contribution in [0.25, 0.3) is 0 Å². The quantitative estimate of drug-likeness (QED) is 0.820. The molecular formula is C12H23NO2S. The van der Waals surface area contributed by atoms with Crippen LogP contribution in [-0.4, -0.2) is 32.0 Å². The molecule has 0 radical (unpaired) electrons. The van der Waals surface area contributed by atoms with E-state index in [0.29, 0.717) is 18.0 Å². The monoisotopic (exact) mass is 245 g/mol. The van der Waals surface area contributed by atoms with Crippen molar-refractivity contribution in [3.8, 4) is 0 Å². The van der Waals surface area contributed by atoms with E-state index >= 15 is 0 Å². The molecule has 0 aromatic rings. The zero-order valence-electron chi connectivity index (χ0n) is 10.5. The van der Waals surface area contributed by atoms with E-state index in [0.717, 1.165) is 12.8 Å². The molecule has 2 aliphatic carbocycles. The zero-order valence-corrected chi connectivity index (χ0v) is 11.4. The molecule has 3 nitrogen and oxygen atoms in total. The van der Waals surface area contributed by atoms with Gasteiger partial charge in [-0.05, 0) is 31.1 Å². The minimum atomic E-state index is -2.93. The summed E-state index contributed by atoms with van der Waals surface area (Å²) in [5, 5.41) is 3.30. The van der Waals surface area contributed by atoms with E-state index in [1.54, 1.807) is 0 Å². The third kappa shape index (κ3) is 1.90. The molecule has 1 N–H and O–H groups in total. The minimum Gasteiger partial charge on any atom is -0.313 e. The van der Waals surface area contributed by atoms with Crippen LogP contribution >= 0.6 is 0 Å². The Bertz CT molecular complexity index is 360. The first kappa shape index (κ1) is 12.4. The highest BCUT2D eigenvalue weighted by Crippen LogP contribution is 2.62. The van der Waals surface area contributed by atoms with Gasteiger partial charge in [0.2, 0.25) is 0 Å². The predicted molar refractivity (Wildman–Crippen MR) is 66.2 cm³/mol. The number of rotatable bonds is 4. The first-order valence-corrected chi connectivity index (χ1v) is 8.11. The molecule has 0 saturated heterocycles. The van der Waals surface area contributed by atoms with Crippen molar-refractivity contribution in [1.82, 2.24) is 5.32 Å². The predicted octanol–water partition coefficient (Wildman–Crippen LogP) is 1.73. The van der Waals surface area contributed by atoms with Crippen LogP contribution in [0.2, 0.25) is 0 Å². The van der Waals surface area contributed by atoms with Gasteiger partial charge in [-0.25, -0.2) is 8.42 Å². The number of sulfone groups is 1. The first-order chi connectivity index (χ1) is 7.29. The maximum Gasteiger partial charge on any atom is 0.154 e. The molecule has 0 aromatic heterocycles. The molecule has 0 atom stereocenters. The summed E-state index contributed by atoms with van der Waals surface area (Å²) in [5.74, 6) is 0. The molecule has 2 aliphatic rings. The van der Waals surface area contributed by atoms with Crippen molar-refractivity contribution in [2.75, 3.05) is 12.8 Å². The summed E-state index contributed by atoms with van der Waals surface area (Å²) < 4.78 is 23.4. The number of hydrogen-bond donors (Lipinski definition) is 1.